The molecule has 0 unspecified atom stereocenters. The van der Waals surface area contributed by atoms with Crippen molar-refractivity contribution in [3.8, 4) is 11.3 Å². The monoisotopic (exact) mass is 272 g/mol. The van der Waals surface area contributed by atoms with E-state index in [2.05, 4.69) is 0 Å². The molecule has 1 aromatic heterocycles. The van der Waals surface area contributed by atoms with Crippen molar-refractivity contribution in [2.24, 2.45) is 0 Å². The highest BCUT2D eigenvalue weighted by Crippen LogP contribution is 2.32. The lowest BCUT2D eigenvalue weighted by Crippen LogP contribution is -2.27. The van der Waals surface area contributed by atoms with Crippen molar-refractivity contribution in [1.82, 2.24) is 4.57 Å². The van der Waals surface area contributed by atoms with Crippen LogP contribution in [0, 0.1) is 5.82 Å². The molecule has 1 aliphatic carbocycles. The number of anilines is 1. The molecule has 1 aromatic carbocycles. The average Bonchev–Trinajstić information content (AvgIpc) is 2.96. The van der Waals surface area contributed by atoms with E-state index in [0.717, 1.165) is 36.9 Å². The topological polar surface area (TPSA) is 48.0 Å². The predicted molar refractivity (Wildman–Crippen MR) is 78.0 cm³/mol. The van der Waals surface area contributed by atoms with Gasteiger partial charge in [0.15, 0.2) is 0 Å². The van der Waals surface area contributed by atoms with E-state index >= 15 is 0 Å². The molecule has 20 heavy (non-hydrogen) atoms. The van der Waals surface area contributed by atoms with Gasteiger partial charge >= 0.3 is 0 Å². The second kappa shape index (κ2) is 5.12. The second-order valence-corrected chi connectivity index (χ2v) is 5.29. The highest BCUT2D eigenvalue weighted by molar-refractivity contribution is 5.61. The minimum absolute atomic E-state index is 0.140. The molecular formula is C16H17FN2O. The third kappa shape index (κ3) is 2.22. The summed E-state index contributed by atoms with van der Waals surface area (Å²) in [7, 11) is 0. The highest BCUT2D eigenvalue weighted by atomic mass is 19.1. The molecule has 2 aromatic rings. The first-order valence-electron chi connectivity index (χ1n) is 6.94. The lowest BCUT2D eigenvalue weighted by atomic mass is 10.1. The van der Waals surface area contributed by atoms with Gasteiger partial charge in [-0.15, -0.1) is 0 Å². The van der Waals surface area contributed by atoms with Gasteiger partial charge in [0, 0.05) is 6.04 Å². The fourth-order valence-corrected chi connectivity index (χ4v) is 2.95. The van der Waals surface area contributed by atoms with E-state index in [1.54, 1.807) is 22.8 Å². The fourth-order valence-electron chi connectivity index (χ4n) is 2.95. The quantitative estimate of drug-likeness (QED) is 0.911. The molecule has 0 aliphatic heterocycles. The van der Waals surface area contributed by atoms with E-state index in [-0.39, 0.29) is 23.1 Å². The van der Waals surface area contributed by atoms with Gasteiger partial charge in [0.25, 0.3) is 5.56 Å². The summed E-state index contributed by atoms with van der Waals surface area (Å²) in [4.78, 5) is 12.4. The number of nitrogens with two attached hydrogens (primary N) is 1. The van der Waals surface area contributed by atoms with Crippen molar-refractivity contribution >= 4 is 5.69 Å². The molecule has 0 atom stereocenters. The van der Waals surface area contributed by atoms with E-state index in [9.17, 15) is 9.18 Å². The largest absolute Gasteiger partial charge is 0.394 e. The summed E-state index contributed by atoms with van der Waals surface area (Å²) in [6.07, 6.45) is 4.26. The van der Waals surface area contributed by atoms with Crippen LogP contribution < -0.4 is 11.3 Å². The molecular weight excluding hydrogens is 255 g/mol. The molecule has 0 bridgehead atoms. The Morgan fingerprint density at radius 3 is 2.35 bits per heavy atom. The van der Waals surface area contributed by atoms with Crippen LogP contribution in [0.5, 0.6) is 0 Å². The molecule has 1 fully saturated rings. The first-order chi connectivity index (χ1) is 9.66. The number of hydrogen-bond acceptors (Lipinski definition) is 2. The number of benzene rings is 1. The summed E-state index contributed by atoms with van der Waals surface area (Å²) < 4.78 is 14.8. The minimum atomic E-state index is -0.279. The average molecular weight is 272 g/mol. The van der Waals surface area contributed by atoms with E-state index in [1.165, 1.54) is 12.1 Å². The lowest BCUT2D eigenvalue weighted by molar-refractivity contribution is 0.509. The number of nitrogens with zero attached hydrogens (tertiary/aromatic N) is 1. The number of halogens is 1. The number of rotatable bonds is 2. The summed E-state index contributed by atoms with van der Waals surface area (Å²) >= 11 is 0. The predicted octanol–water partition coefficient (Wildman–Crippen LogP) is 3.35. The Morgan fingerprint density at radius 2 is 1.70 bits per heavy atom. The standard InChI is InChI=1S/C16H17FN2O/c17-12-7-5-11(6-8-12)15-10-9-14(18)16(20)19(15)13-3-1-2-4-13/h5-10,13H,1-4,18H2. The number of hydrogen-bond donors (Lipinski definition) is 1. The molecule has 0 radical (unpaired) electrons. The van der Waals surface area contributed by atoms with Crippen molar-refractivity contribution in [1.29, 1.82) is 0 Å². The zero-order valence-corrected chi connectivity index (χ0v) is 11.2. The van der Waals surface area contributed by atoms with Crippen LogP contribution >= 0.6 is 0 Å². The highest BCUT2D eigenvalue weighted by Gasteiger charge is 2.21. The summed E-state index contributed by atoms with van der Waals surface area (Å²) in [6.45, 7) is 0. The minimum Gasteiger partial charge on any atom is -0.394 e. The summed E-state index contributed by atoms with van der Waals surface area (Å²) in [5.74, 6) is -0.279. The maximum atomic E-state index is 13.1. The molecule has 0 amide bonds. The van der Waals surface area contributed by atoms with Gasteiger partial charge in [-0.25, -0.2) is 4.39 Å². The smallest absolute Gasteiger partial charge is 0.274 e. The Hall–Kier alpha value is -2.10. The maximum Gasteiger partial charge on any atom is 0.274 e. The van der Waals surface area contributed by atoms with Gasteiger partial charge in [-0.1, -0.05) is 12.8 Å². The van der Waals surface area contributed by atoms with Gasteiger partial charge in [-0.3, -0.25) is 4.79 Å². The number of nitrogen functional groups attached to an aromatic ring is 1. The van der Waals surface area contributed by atoms with E-state index in [0.29, 0.717) is 0 Å². The molecule has 1 aliphatic rings. The molecule has 1 heterocycles. The third-order valence-electron chi connectivity index (χ3n) is 3.98. The van der Waals surface area contributed by atoms with Crippen LogP contribution in [-0.4, -0.2) is 4.57 Å². The Balaban J connectivity index is 2.17. The maximum absolute atomic E-state index is 13.1. The summed E-state index contributed by atoms with van der Waals surface area (Å²) in [5, 5.41) is 0. The lowest BCUT2D eigenvalue weighted by Gasteiger charge is -2.19. The second-order valence-electron chi connectivity index (χ2n) is 5.29. The van der Waals surface area contributed by atoms with Gasteiger partial charge in [0.05, 0.1) is 11.4 Å². The van der Waals surface area contributed by atoms with E-state index in [4.69, 9.17) is 5.73 Å². The van der Waals surface area contributed by atoms with Crippen LogP contribution in [0.1, 0.15) is 31.7 Å². The Kier molecular flexibility index (Phi) is 3.30. The molecule has 3 nitrogen and oxygen atoms in total. The number of aromatic nitrogens is 1. The number of pyridine rings is 1. The third-order valence-corrected chi connectivity index (χ3v) is 3.98. The zero-order chi connectivity index (χ0) is 14.1. The molecule has 0 saturated heterocycles. The molecule has 0 spiro atoms. The van der Waals surface area contributed by atoms with Crippen molar-refractivity contribution < 1.29 is 4.39 Å². The molecule has 104 valence electrons. The summed E-state index contributed by atoms with van der Waals surface area (Å²) in [6, 6.07) is 9.90. The van der Waals surface area contributed by atoms with Gasteiger partial charge in [0.2, 0.25) is 0 Å². The van der Waals surface area contributed by atoms with Crippen LogP contribution in [0.2, 0.25) is 0 Å². The van der Waals surface area contributed by atoms with Crippen LogP contribution in [0.4, 0.5) is 10.1 Å². The van der Waals surface area contributed by atoms with Gasteiger partial charge in [-0.2, -0.15) is 0 Å². The molecule has 1 saturated carbocycles. The van der Waals surface area contributed by atoms with Crippen molar-refractivity contribution in [2.75, 3.05) is 5.73 Å². The van der Waals surface area contributed by atoms with Crippen LogP contribution in [0.25, 0.3) is 11.3 Å². The first-order valence-corrected chi connectivity index (χ1v) is 6.94. The first kappa shape index (κ1) is 12.9. The Bertz CT molecular complexity index is 670. The van der Waals surface area contributed by atoms with Crippen molar-refractivity contribution in [3.63, 3.8) is 0 Å². The van der Waals surface area contributed by atoms with Gasteiger partial charge in [0.1, 0.15) is 5.82 Å². The Labute approximate surface area is 116 Å². The SMILES string of the molecule is Nc1ccc(-c2ccc(F)cc2)n(C2CCCC2)c1=O. The molecule has 3 rings (SSSR count). The molecule has 2 N–H and O–H groups in total. The van der Waals surface area contributed by atoms with E-state index < -0.39 is 0 Å². The van der Waals surface area contributed by atoms with E-state index in [1.807, 2.05) is 6.07 Å². The van der Waals surface area contributed by atoms with Crippen molar-refractivity contribution in [2.45, 2.75) is 31.7 Å². The fraction of sp³-hybridized carbons (Fsp3) is 0.312. The normalized spacial score (nSPS) is 15.7. The molecule has 4 heteroatoms. The summed E-state index contributed by atoms with van der Waals surface area (Å²) in [5.41, 5.74) is 7.55. The van der Waals surface area contributed by atoms with Crippen LogP contribution in [0.3, 0.4) is 0 Å². The van der Waals surface area contributed by atoms with Crippen LogP contribution in [-0.2, 0) is 0 Å². The van der Waals surface area contributed by atoms with Gasteiger partial charge in [-0.05, 0) is 54.8 Å². The zero-order valence-electron chi connectivity index (χ0n) is 11.2. The van der Waals surface area contributed by atoms with Crippen molar-refractivity contribution in [3.05, 3.63) is 52.6 Å². The van der Waals surface area contributed by atoms with Crippen LogP contribution in [0.15, 0.2) is 41.2 Å². The Morgan fingerprint density at radius 1 is 1.05 bits per heavy atom. The van der Waals surface area contributed by atoms with Gasteiger partial charge < -0.3 is 10.3 Å².